The molecule has 0 aromatic heterocycles. The van der Waals surface area contributed by atoms with E-state index in [-0.39, 0.29) is 163 Å². The molecule has 0 amide bonds. The van der Waals surface area contributed by atoms with Crippen molar-refractivity contribution in [3.63, 3.8) is 0 Å². The number of hydrogen-bond acceptors (Lipinski definition) is 22. The highest BCUT2D eigenvalue weighted by atomic mass is 35.5. The number of epoxide rings is 4. The fourth-order valence-corrected chi connectivity index (χ4v) is 18.4. The standard InChI is InChI=1S/2C26H26O5.C24H28O7.C22H23ClO5/c1-16-19-13-12-17(7-6-14-26(2)23(31-26)22(19)30-24(16)27)15-29-25(28)21-11-5-9-18-8-3-4-10-20(18)21;1-16-21-12-9-17(6-5-13-26(2)23(31-26)22(21)30-24(16)27)15-29-25(28)20-11-10-18-7-3-4-8-19(18)14-20;1-14-17-9-7-15(6-5-11-24(2)21(31-24)20(17)30-22(14)25)13-29-23(26)18-10-8-16(27-3)12-19(18)28-4;1-13-17-10-5-14(12-26-21(25)15-6-8-16(23)9-7-15)4-3-11-22(2)19(28-22)18(17)27-20(13)24/h3-5,7-11,19,22-23H,1,6,12-15H2,2H3;3-4,6-8,10-11,14,21-23H,1,5,9,12-13,15H2,2H3;6,8,10,12,17,20-21H,1,5,7,9,11,13H2,2-4H3;4,6-9,17-19H,1,3,5,10-12H2,2H3/b17-7+;17-6+;15-6+;14-4+/t19-,22-,23-,26+;21-,22-,23-,26+;17-,20-,21-,24+;17-,18-,19-,22+/m0000/s1. The predicted octanol–water partition coefficient (Wildman–Crippen LogP) is 17.4. The van der Waals surface area contributed by atoms with E-state index in [1.54, 1.807) is 61.7 Å². The van der Waals surface area contributed by atoms with Gasteiger partial charge in [0.2, 0.25) is 0 Å². The Kier molecular flexibility index (Phi) is 25.2. The molecule has 4 aliphatic carbocycles. The summed E-state index contributed by atoms with van der Waals surface area (Å²) in [6.07, 6.45) is 19.6. The van der Waals surface area contributed by atoms with Crippen molar-refractivity contribution in [3.05, 3.63) is 250 Å². The average Bonchev–Trinajstić information content (AvgIpc) is 1.59. The topological polar surface area (TPSA) is 279 Å². The number of carbonyl (C=O) groups excluding carboxylic acids is 8. The van der Waals surface area contributed by atoms with Gasteiger partial charge in [0.15, 0.2) is 0 Å². The van der Waals surface area contributed by atoms with Crippen LogP contribution in [0.3, 0.4) is 0 Å². The van der Waals surface area contributed by atoms with Gasteiger partial charge in [-0.25, -0.2) is 38.4 Å². The number of ether oxygens (including phenoxy) is 14. The van der Waals surface area contributed by atoms with Crippen LogP contribution in [0.5, 0.6) is 11.5 Å². The van der Waals surface area contributed by atoms with Crippen LogP contribution < -0.4 is 9.47 Å². The summed E-state index contributed by atoms with van der Waals surface area (Å²) in [7, 11) is 3.05. The Morgan fingerprint density at radius 1 is 0.388 bits per heavy atom. The fraction of sp³-hybridized carbons (Fsp3) is 0.429. The lowest BCUT2D eigenvalue weighted by molar-refractivity contribution is -0.140. The summed E-state index contributed by atoms with van der Waals surface area (Å²) < 4.78 is 78.9. The Morgan fingerprint density at radius 2 is 0.744 bits per heavy atom. The minimum Gasteiger partial charge on any atom is -0.497 e. The summed E-state index contributed by atoms with van der Waals surface area (Å²) >= 11 is 5.86. The van der Waals surface area contributed by atoms with Gasteiger partial charge in [-0.05, 0) is 229 Å². The first-order valence-electron chi connectivity index (χ1n) is 41.8. The van der Waals surface area contributed by atoms with E-state index in [0.29, 0.717) is 80.3 Å². The third-order valence-corrected chi connectivity index (χ3v) is 26.3. The van der Waals surface area contributed by atoms with Crippen LogP contribution in [0.25, 0.3) is 21.5 Å². The molecule has 22 nitrogen and oxygen atoms in total. The molecule has 8 saturated heterocycles. The van der Waals surface area contributed by atoms with Gasteiger partial charge in [0.05, 0.1) is 53.3 Å². The van der Waals surface area contributed by atoms with Gasteiger partial charge in [-0.1, -0.05) is 129 Å². The minimum atomic E-state index is -0.461. The number of methoxy groups -OCH3 is 2. The van der Waals surface area contributed by atoms with Crippen molar-refractivity contribution in [2.24, 2.45) is 23.7 Å². The first kappa shape index (κ1) is 85.2. The Hall–Kier alpha value is -10.8. The molecule has 0 radical (unpaired) electrons. The zero-order valence-corrected chi connectivity index (χ0v) is 69.9. The molecular weight excluding hydrogens is 1560 g/mol. The van der Waals surface area contributed by atoms with E-state index < -0.39 is 5.97 Å². The van der Waals surface area contributed by atoms with Crippen molar-refractivity contribution >= 4 is 80.9 Å². The van der Waals surface area contributed by atoms with Gasteiger partial charge in [0, 0.05) is 57.1 Å². The Balaban J connectivity index is 0.000000126. The average molecular weight is 1670 g/mol. The molecule has 0 saturated carbocycles. The van der Waals surface area contributed by atoms with Gasteiger partial charge in [-0.15, -0.1) is 0 Å². The van der Waals surface area contributed by atoms with Gasteiger partial charge in [-0.3, -0.25) is 0 Å². The minimum absolute atomic E-state index is 0.0543. The third kappa shape index (κ3) is 19.0. The van der Waals surface area contributed by atoms with Crippen LogP contribution in [0.15, 0.2) is 223 Å². The number of allylic oxidation sites excluding steroid dienone is 4. The molecule has 634 valence electrons. The summed E-state index contributed by atoms with van der Waals surface area (Å²) in [5.41, 5.74) is 7.05. The summed E-state index contributed by atoms with van der Waals surface area (Å²) in [5, 5.41) is 4.57. The van der Waals surface area contributed by atoms with E-state index in [0.717, 1.165) is 127 Å². The van der Waals surface area contributed by atoms with Gasteiger partial charge in [0.25, 0.3) is 0 Å². The van der Waals surface area contributed by atoms with Crippen LogP contribution in [-0.4, -0.2) is 160 Å². The molecular formula is C98H103ClO22. The highest BCUT2D eigenvalue weighted by Crippen LogP contribution is 2.54. The second kappa shape index (κ2) is 35.7. The molecule has 8 heterocycles. The van der Waals surface area contributed by atoms with Gasteiger partial charge < -0.3 is 66.3 Å². The molecule has 0 N–H and O–H groups in total. The zero-order valence-electron chi connectivity index (χ0n) is 69.2. The Morgan fingerprint density at radius 3 is 1.15 bits per heavy atom. The smallest absolute Gasteiger partial charge is 0.342 e. The highest BCUT2D eigenvalue weighted by molar-refractivity contribution is 6.30. The molecule has 0 unspecified atom stereocenters. The van der Waals surface area contributed by atoms with E-state index in [9.17, 15) is 38.4 Å². The third-order valence-electron chi connectivity index (χ3n) is 26.0. The van der Waals surface area contributed by atoms with Gasteiger partial charge in [-0.2, -0.15) is 0 Å². The van der Waals surface area contributed by atoms with Crippen LogP contribution in [0.2, 0.25) is 5.02 Å². The van der Waals surface area contributed by atoms with Crippen molar-refractivity contribution in [2.75, 3.05) is 40.6 Å². The van der Waals surface area contributed by atoms with Crippen LogP contribution in [0.1, 0.15) is 172 Å². The molecule has 16 atom stereocenters. The summed E-state index contributed by atoms with van der Waals surface area (Å²) in [5.74, 6) is -2.07. The maximum absolute atomic E-state index is 12.8. The van der Waals surface area contributed by atoms with Crippen molar-refractivity contribution in [1.82, 2.24) is 0 Å². The molecule has 8 aliphatic heterocycles. The quantitative estimate of drug-likeness (QED) is 0.0322. The molecule has 121 heavy (non-hydrogen) atoms. The molecule has 0 spiro atoms. The van der Waals surface area contributed by atoms with E-state index in [4.69, 9.17) is 77.9 Å². The number of benzene rings is 6. The fourth-order valence-electron chi connectivity index (χ4n) is 18.2. The van der Waals surface area contributed by atoms with E-state index in [1.807, 2.05) is 72.8 Å². The maximum atomic E-state index is 12.8. The zero-order chi connectivity index (χ0) is 85.2. The lowest BCUT2D eigenvalue weighted by Gasteiger charge is -2.20. The van der Waals surface area contributed by atoms with Crippen LogP contribution >= 0.6 is 11.6 Å². The van der Waals surface area contributed by atoms with Crippen molar-refractivity contribution in [2.45, 2.75) is 202 Å². The second-order valence-corrected chi connectivity index (χ2v) is 34.6. The number of carbonyl (C=O) groups is 8. The monoisotopic (exact) mass is 1670 g/mol. The van der Waals surface area contributed by atoms with Crippen LogP contribution in [-0.2, 0) is 76.0 Å². The first-order valence-corrected chi connectivity index (χ1v) is 42.2. The molecule has 6 aromatic carbocycles. The van der Waals surface area contributed by atoms with Crippen LogP contribution in [0, 0.1) is 23.7 Å². The normalized spacial score (nSPS) is 32.2. The van der Waals surface area contributed by atoms with Gasteiger partial charge in [0.1, 0.15) is 92.3 Å². The largest absolute Gasteiger partial charge is 0.497 e. The predicted molar refractivity (Wildman–Crippen MR) is 449 cm³/mol. The van der Waals surface area contributed by atoms with Crippen molar-refractivity contribution in [3.8, 4) is 11.5 Å². The van der Waals surface area contributed by atoms with E-state index in [2.05, 4.69) is 78.3 Å². The molecule has 12 aliphatic rings. The first-order chi connectivity index (χ1) is 58.1. The number of rotatable bonds is 14. The Bertz CT molecular complexity index is 5250. The number of esters is 8. The number of hydrogen-bond donors (Lipinski definition) is 0. The Labute approximate surface area is 709 Å². The van der Waals surface area contributed by atoms with Crippen molar-refractivity contribution in [1.29, 1.82) is 0 Å². The lowest BCUT2D eigenvalue weighted by atomic mass is 9.84. The summed E-state index contributed by atoms with van der Waals surface area (Å²) in [6, 6.07) is 38.6. The lowest BCUT2D eigenvalue weighted by Crippen LogP contribution is -2.29. The number of fused-ring (bicyclic) bond motifs is 14. The van der Waals surface area contributed by atoms with E-state index >= 15 is 0 Å². The molecule has 6 aromatic rings. The molecule has 8 fully saturated rings. The molecule has 18 rings (SSSR count). The molecule has 0 bridgehead atoms. The summed E-state index contributed by atoms with van der Waals surface area (Å²) in [4.78, 5) is 98.7. The van der Waals surface area contributed by atoms with Crippen molar-refractivity contribution < 1.29 is 105 Å². The second-order valence-electron chi connectivity index (χ2n) is 34.1. The van der Waals surface area contributed by atoms with Gasteiger partial charge >= 0.3 is 47.8 Å². The van der Waals surface area contributed by atoms with Crippen LogP contribution in [0.4, 0.5) is 0 Å². The highest BCUT2D eigenvalue weighted by Gasteiger charge is 2.65. The number of halogens is 1. The van der Waals surface area contributed by atoms with E-state index in [1.165, 1.54) is 7.11 Å². The molecule has 23 heteroatoms. The maximum Gasteiger partial charge on any atom is 0.342 e. The SMILES string of the molecule is C=C1C(=O)O[C@H]2[C@H]1CC/C(COC(=O)c1ccc(Cl)cc1)=C\CC[C@@]1(C)O[C@@H]21.C=C1C(=O)O[C@H]2[C@H]1CC/C(COC(=O)c1ccc(OC)cc1OC)=C\CC[C@@]1(C)O[C@@H]21.C=C1C(=O)O[C@H]2[C@H]1CC/C(COC(=O)c1ccc3ccccc3c1)=C\CC[C@@]1(C)O[C@@H]21.C=C1C(=O)O[C@H]2[C@H]1CC/C(COC(=O)c1cccc3ccccc13)=C\CC[C@@]1(C)O[C@@H]21. The summed E-state index contributed by atoms with van der Waals surface area (Å²) in [6.45, 7) is 24.9.